The van der Waals surface area contributed by atoms with Crippen LogP contribution in [0.1, 0.15) is 27.7 Å². The molecule has 3 unspecified atom stereocenters. The first kappa shape index (κ1) is 17.5. The molecule has 0 heterocycles. The molecule has 16 heavy (non-hydrogen) atoms. The van der Waals surface area contributed by atoms with Crippen molar-refractivity contribution >= 4 is 5.97 Å². The summed E-state index contributed by atoms with van der Waals surface area (Å²) in [5.74, 6) is -0.981. The van der Waals surface area contributed by atoms with Gasteiger partial charge in [-0.3, -0.25) is 0 Å². The molecule has 0 saturated heterocycles. The number of aliphatic hydroxyl groups is 3. The van der Waals surface area contributed by atoms with Crippen LogP contribution in [-0.2, 0) is 4.79 Å². The Balaban J connectivity index is 0. The minimum Gasteiger partial charge on any atom is -0.478 e. The molecule has 5 heteroatoms. The lowest BCUT2D eigenvalue weighted by molar-refractivity contribution is -0.131. The van der Waals surface area contributed by atoms with Gasteiger partial charge in [0.1, 0.15) is 0 Å². The van der Waals surface area contributed by atoms with Crippen molar-refractivity contribution in [2.45, 2.75) is 46.0 Å². The average Bonchev–Trinajstić information content (AvgIpc) is 2.16. The summed E-state index contributed by atoms with van der Waals surface area (Å²) in [5.41, 5.74) is -0.833. The Morgan fingerprint density at radius 1 is 1.12 bits per heavy atom. The number of hydrogen-bond donors (Lipinski definition) is 4. The summed E-state index contributed by atoms with van der Waals surface area (Å²) in [6, 6.07) is 0. The van der Waals surface area contributed by atoms with E-state index in [1.54, 1.807) is 27.7 Å². The van der Waals surface area contributed by atoms with Crippen LogP contribution in [0.15, 0.2) is 12.7 Å². The van der Waals surface area contributed by atoms with E-state index >= 15 is 0 Å². The molecular formula is C11H22O5. The van der Waals surface area contributed by atoms with E-state index in [9.17, 15) is 20.1 Å². The molecule has 0 aliphatic carbocycles. The van der Waals surface area contributed by atoms with Gasteiger partial charge in [0.2, 0.25) is 0 Å². The molecule has 0 fully saturated rings. The van der Waals surface area contributed by atoms with Gasteiger partial charge in [-0.05, 0) is 20.8 Å². The molecule has 96 valence electrons. The zero-order chi connectivity index (χ0) is 13.5. The van der Waals surface area contributed by atoms with E-state index < -0.39 is 29.7 Å². The predicted molar refractivity (Wildman–Crippen MR) is 61.0 cm³/mol. The molecule has 0 rings (SSSR count). The normalized spacial score (nSPS) is 19.4. The zero-order valence-corrected chi connectivity index (χ0v) is 10.2. The summed E-state index contributed by atoms with van der Waals surface area (Å²) in [5, 5.41) is 35.5. The Morgan fingerprint density at radius 2 is 1.31 bits per heavy atom. The van der Waals surface area contributed by atoms with E-state index in [2.05, 4.69) is 6.58 Å². The number of hydrogen-bond acceptors (Lipinski definition) is 4. The Labute approximate surface area is 96.0 Å². The largest absolute Gasteiger partial charge is 0.478 e. The van der Waals surface area contributed by atoms with Crippen LogP contribution in [-0.4, -0.2) is 44.7 Å². The topological polar surface area (TPSA) is 98.0 Å². The van der Waals surface area contributed by atoms with Crippen molar-refractivity contribution in [3.8, 4) is 0 Å². The van der Waals surface area contributed by atoms with Crippen molar-refractivity contribution in [1.29, 1.82) is 0 Å². The lowest BCUT2D eigenvalue weighted by atomic mass is 9.76. The summed E-state index contributed by atoms with van der Waals surface area (Å²) in [6.45, 7) is 9.33. The molecule has 0 aliphatic rings. The molecule has 0 spiro atoms. The minimum atomic E-state index is -0.981. The first-order chi connectivity index (χ1) is 7.10. The number of aliphatic carboxylic acids is 1. The molecule has 0 saturated carbocycles. The van der Waals surface area contributed by atoms with E-state index in [-0.39, 0.29) is 0 Å². The monoisotopic (exact) mass is 234 g/mol. The number of carbonyl (C=O) groups is 1. The molecule has 3 atom stereocenters. The second kappa shape index (κ2) is 7.38. The van der Waals surface area contributed by atoms with Gasteiger partial charge in [-0.25, -0.2) is 4.79 Å². The van der Waals surface area contributed by atoms with E-state index in [4.69, 9.17) is 5.11 Å². The van der Waals surface area contributed by atoms with E-state index in [0.717, 1.165) is 6.08 Å². The summed E-state index contributed by atoms with van der Waals surface area (Å²) in [6.07, 6.45) is -1.33. The highest BCUT2D eigenvalue weighted by molar-refractivity contribution is 5.78. The maximum absolute atomic E-state index is 9.29. The Bertz CT molecular complexity index is 199. The van der Waals surface area contributed by atoms with Crippen LogP contribution >= 0.6 is 0 Å². The van der Waals surface area contributed by atoms with Crippen LogP contribution in [0.5, 0.6) is 0 Å². The van der Waals surface area contributed by atoms with Gasteiger partial charge in [-0.2, -0.15) is 0 Å². The minimum absolute atomic E-state index is 0.720. The molecule has 4 N–H and O–H groups in total. The van der Waals surface area contributed by atoms with Crippen molar-refractivity contribution < 1.29 is 25.2 Å². The van der Waals surface area contributed by atoms with Gasteiger partial charge in [0.25, 0.3) is 0 Å². The van der Waals surface area contributed by atoms with Crippen molar-refractivity contribution in [3.05, 3.63) is 12.7 Å². The highest BCUT2D eigenvalue weighted by Crippen LogP contribution is 2.30. The second-order valence-electron chi connectivity index (χ2n) is 3.94. The molecule has 0 aromatic rings. The average molecular weight is 234 g/mol. The Hall–Kier alpha value is -0.910. The SMILES string of the molecule is C=CC(=O)O.CC(O)C(C)(C(C)O)C(C)O. The fourth-order valence-corrected chi connectivity index (χ4v) is 1.05. The second-order valence-corrected chi connectivity index (χ2v) is 3.94. The van der Waals surface area contributed by atoms with Gasteiger partial charge >= 0.3 is 5.97 Å². The molecule has 5 nitrogen and oxygen atoms in total. The highest BCUT2D eigenvalue weighted by Gasteiger charge is 2.39. The first-order valence-corrected chi connectivity index (χ1v) is 5.00. The lowest BCUT2D eigenvalue weighted by Gasteiger charge is -2.38. The van der Waals surface area contributed by atoms with Gasteiger partial charge < -0.3 is 20.4 Å². The van der Waals surface area contributed by atoms with Crippen LogP contribution < -0.4 is 0 Å². The van der Waals surface area contributed by atoms with Crippen LogP contribution in [0.3, 0.4) is 0 Å². The van der Waals surface area contributed by atoms with Crippen molar-refractivity contribution in [1.82, 2.24) is 0 Å². The molecular weight excluding hydrogens is 212 g/mol. The number of rotatable bonds is 4. The molecule has 0 aromatic heterocycles. The zero-order valence-electron chi connectivity index (χ0n) is 10.2. The van der Waals surface area contributed by atoms with Crippen molar-refractivity contribution in [2.24, 2.45) is 5.41 Å². The predicted octanol–water partition coefficient (Wildman–Crippen LogP) is 0.392. The summed E-state index contributed by atoms with van der Waals surface area (Å²) in [4.78, 5) is 9.25. The van der Waals surface area contributed by atoms with Gasteiger partial charge in [0.15, 0.2) is 0 Å². The fraction of sp³-hybridized carbons (Fsp3) is 0.727. The van der Waals surface area contributed by atoms with Crippen molar-refractivity contribution in [2.75, 3.05) is 0 Å². The van der Waals surface area contributed by atoms with E-state index in [0.29, 0.717) is 0 Å². The van der Waals surface area contributed by atoms with Gasteiger partial charge in [0, 0.05) is 11.5 Å². The number of carboxylic acids is 1. The summed E-state index contributed by atoms with van der Waals surface area (Å²) < 4.78 is 0. The summed E-state index contributed by atoms with van der Waals surface area (Å²) >= 11 is 0. The van der Waals surface area contributed by atoms with Gasteiger partial charge in [0.05, 0.1) is 18.3 Å². The third kappa shape index (κ3) is 5.25. The van der Waals surface area contributed by atoms with Crippen LogP contribution in [0.25, 0.3) is 0 Å². The highest BCUT2D eigenvalue weighted by atomic mass is 16.4. The van der Waals surface area contributed by atoms with E-state index in [1.165, 1.54) is 0 Å². The Kier molecular flexibility index (Phi) is 8.06. The molecule has 0 aromatic carbocycles. The third-order valence-electron chi connectivity index (χ3n) is 2.88. The molecule has 0 aliphatic heterocycles. The lowest BCUT2D eigenvalue weighted by Crippen LogP contribution is -2.47. The smallest absolute Gasteiger partial charge is 0.327 e. The standard InChI is InChI=1S/C8H18O3.C3H4O2/c1-5(9)8(4,6(2)10)7(3)11;1-2-3(4)5/h5-7,9-11H,1-4H3;2H,1H2,(H,4,5). The first-order valence-electron chi connectivity index (χ1n) is 5.00. The molecule has 0 bridgehead atoms. The van der Waals surface area contributed by atoms with Crippen LogP contribution in [0.2, 0.25) is 0 Å². The quantitative estimate of drug-likeness (QED) is 0.528. The Morgan fingerprint density at radius 3 is 1.31 bits per heavy atom. The van der Waals surface area contributed by atoms with E-state index in [1.807, 2.05) is 0 Å². The third-order valence-corrected chi connectivity index (χ3v) is 2.88. The van der Waals surface area contributed by atoms with Crippen molar-refractivity contribution in [3.63, 3.8) is 0 Å². The number of aliphatic hydroxyl groups excluding tert-OH is 3. The molecule has 0 amide bonds. The van der Waals surface area contributed by atoms with Crippen LogP contribution in [0, 0.1) is 5.41 Å². The maximum Gasteiger partial charge on any atom is 0.327 e. The summed E-state index contributed by atoms with van der Waals surface area (Å²) in [7, 11) is 0. The number of carboxylic acid groups (broad SMARTS) is 1. The van der Waals surface area contributed by atoms with Crippen LogP contribution in [0.4, 0.5) is 0 Å². The van der Waals surface area contributed by atoms with Gasteiger partial charge in [-0.1, -0.05) is 13.5 Å². The molecule has 0 radical (unpaired) electrons. The maximum atomic E-state index is 9.29. The fourth-order valence-electron chi connectivity index (χ4n) is 1.05. The van der Waals surface area contributed by atoms with Gasteiger partial charge in [-0.15, -0.1) is 0 Å².